The number of hydrogen-bond donors (Lipinski definition) is 1. The average Bonchev–Trinajstić information content (AvgIpc) is 1.83. The van der Waals surface area contributed by atoms with Crippen LogP contribution in [0, 0.1) is 0 Å². The minimum Gasteiger partial charge on any atom is -0.451 e. The van der Waals surface area contributed by atoms with Crippen LogP contribution >= 0.6 is 0 Å². The second kappa shape index (κ2) is 4.39. The van der Waals surface area contributed by atoms with E-state index in [4.69, 9.17) is 0 Å². The van der Waals surface area contributed by atoms with Gasteiger partial charge in [0.05, 0.1) is 13.7 Å². The van der Waals surface area contributed by atoms with Crippen molar-refractivity contribution in [3.8, 4) is 0 Å². The summed E-state index contributed by atoms with van der Waals surface area (Å²) in [5.41, 5.74) is 2.02. The molecule has 0 bridgehead atoms. The van der Waals surface area contributed by atoms with Crippen molar-refractivity contribution in [1.82, 2.24) is 5.48 Å². The third-order valence-electron chi connectivity index (χ3n) is 0.485. The van der Waals surface area contributed by atoms with E-state index in [2.05, 4.69) is 9.57 Å². The molecular weight excluding hydrogens is 110 g/mol. The summed E-state index contributed by atoms with van der Waals surface area (Å²) in [6.45, 7) is 2.20. The molecule has 0 aliphatic rings. The molecule has 8 heavy (non-hydrogen) atoms. The predicted molar refractivity (Wildman–Crippen MR) is 27.2 cm³/mol. The second-order valence-corrected chi connectivity index (χ2v) is 1.03. The van der Waals surface area contributed by atoms with Gasteiger partial charge in [0, 0.05) is 0 Å². The molecule has 4 nitrogen and oxygen atoms in total. The number of methoxy groups -OCH3 is 1. The monoisotopic (exact) mass is 119 g/mol. The fourth-order valence-electron chi connectivity index (χ4n) is 0.173. The zero-order chi connectivity index (χ0) is 6.41. The van der Waals surface area contributed by atoms with E-state index >= 15 is 0 Å². The summed E-state index contributed by atoms with van der Waals surface area (Å²) < 4.78 is 4.18. The van der Waals surface area contributed by atoms with E-state index in [-0.39, 0.29) is 0 Å². The minimum absolute atomic E-state index is 0.440. The Morgan fingerprint density at radius 2 is 2.38 bits per heavy atom. The highest BCUT2D eigenvalue weighted by Crippen LogP contribution is 1.69. The summed E-state index contributed by atoms with van der Waals surface area (Å²) in [4.78, 5) is 14.6. The number of hydroxylamine groups is 1. The molecule has 0 aromatic heterocycles. The highest BCUT2D eigenvalue weighted by molar-refractivity contribution is 5.65. The van der Waals surface area contributed by atoms with E-state index in [0.29, 0.717) is 6.61 Å². The summed E-state index contributed by atoms with van der Waals surface area (Å²) in [6, 6.07) is 0. The maximum atomic E-state index is 10.1. The van der Waals surface area contributed by atoms with Crippen molar-refractivity contribution in [1.29, 1.82) is 0 Å². The first kappa shape index (κ1) is 7.23. The smallest absolute Gasteiger partial charge is 0.431 e. The Hall–Kier alpha value is -0.770. The molecule has 0 aromatic carbocycles. The molecule has 0 saturated carbocycles. The molecule has 0 fully saturated rings. The Labute approximate surface area is 47.7 Å². The largest absolute Gasteiger partial charge is 0.451 e. The minimum atomic E-state index is -0.577. The first-order valence-electron chi connectivity index (χ1n) is 2.27. The van der Waals surface area contributed by atoms with Gasteiger partial charge in [-0.2, -0.15) is 5.48 Å². The van der Waals surface area contributed by atoms with E-state index in [1.807, 2.05) is 5.48 Å². The van der Waals surface area contributed by atoms with Crippen LogP contribution in [0.1, 0.15) is 6.92 Å². The average molecular weight is 119 g/mol. The number of rotatable bonds is 2. The van der Waals surface area contributed by atoms with Crippen LogP contribution in [0.15, 0.2) is 0 Å². The maximum Gasteiger partial charge on any atom is 0.431 e. The van der Waals surface area contributed by atoms with Crippen LogP contribution in [-0.4, -0.2) is 19.8 Å². The molecule has 0 aromatic rings. The van der Waals surface area contributed by atoms with Gasteiger partial charge < -0.3 is 4.74 Å². The summed E-state index contributed by atoms with van der Waals surface area (Å²) in [7, 11) is 1.27. The third-order valence-corrected chi connectivity index (χ3v) is 0.485. The zero-order valence-corrected chi connectivity index (χ0v) is 4.93. The van der Waals surface area contributed by atoms with Gasteiger partial charge in [-0.3, -0.25) is 4.84 Å². The Balaban J connectivity index is 2.99. The van der Waals surface area contributed by atoms with Crippen LogP contribution in [0.25, 0.3) is 0 Å². The van der Waals surface area contributed by atoms with E-state index in [0.717, 1.165) is 0 Å². The van der Waals surface area contributed by atoms with Gasteiger partial charge in [0.2, 0.25) is 0 Å². The number of hydrogen-bond acceptors (Lipinski definition) is 3. The predicted octanol–water partition coefficient (Wildman–Crippen LogP) is 0.294. The SMILES string of the molecule is CCONC(=O)OC. The quantitative estimate of drug-likeness (QED) is 0.531. The first-order chi connectivity index (χ1) is 3.81. The van der Waals surface area contributed by atoms with Gasteiger partial charge in [-0.05, 0) is 6.92 Å². The summed E-state index contributed by atoms with van der Waals surface area (Å²) >= 11 is 0. The first-order valence-corrected chi connectivity index (χ1v) is 2.27. The van der Waals surface area contributed by atoms with Crippen LogP contribution < -0.4 is 5.48 Å². The number of carbonyl (C=O) groups excluding carboxylic acids is 1. The molecule has 4 heteroatoms. The Morgan fingerprint density at radius 3 is 2.75 bits per heavy atom. The number of amides is 1. The molecule has 0 aliphatic carbocycles. The molecule has 0 rings (SSSR count). The van der Waals surface area contributed by atoms with Crippen LogP contribution in [0.5, 0.6) is 0 Å². The maximum absolute atomic E-state index is 10.1. The van der Waals surface area contributed by atoms with Gasteiger partial charge >= 0.3 is 6.09 Å². The fourth-order valence-corrected chi connectivity index (χ4v) is 0.173. The molecule has 0 spiro atoms. The van der Waals surface area contributed by atoms with E-state index < -0.39 is 6.09 Å². The van der Waals surface area contributed by atoms with Crippen LogP contribution in [0.4, 0.5) is 4.79 Å². The Bertz CT molecular complexity index is 73.7. The van der Waals surface area contributed by atoms with Crippen molar-refractivity contribution >= 4 is 6.09 Å². The lowest BCUT2D eigenvalue weighted by Gasteiger charge is -1.98. The van der Waals surface area contributed by atoms with E-state index in [9.17, 15) is 4.79 Å². The van der Waals surface area contributed by atoms with Crippen molar-refractivity contribution in [2.24, 2.45) is 0 Å². The van der Waals surface area contributed by atoms with Gasteiger partial charge in [0.25, 0.3) is 0 Å². The zero-order valence-electron chi connectivity index (χ0n) is 4.93. The van der Waals surface area contributed by atoms with Gasteiger partial charge in [-0.25, -0.2) is 4.79 Å². The van der Waals surface area contributed by atoms with Crippen LogP contribution in [0.3, 0.4) is 0 Å². The van der Waals surface area contributed by atoms with Crippen molar-refractivity contribution in [2.45, 2.75) is 6.92 Å². The van der Waals surface area contributed by atoms with Crippen molar-refractivity contribution in [3.05, 3.63) is 0 Å². The summed E-state index contributed by atoms with van der Waals surface area (Å²) in [6.07, 6.45) is -0.577. The van der Waals surface area contributed by atoms with E-state index in [1.165, 1.54) is 7.11 Å². The van der Waals surface area contributed by atoms with Crippen molar-refractivity contribution < 1.29 is 14.4 Å². The molecule has 1 amide bonds. The molecule has 1 N–H and O–H groups in total. The number of nitrogens with one attached hydrogen (secondary N) is 1. The van der Waals surface area contributed by atoms with Crippen LogP contribution in [-0.2, 0) is 9.57 Å². The number of carbonyl (C=O) groups is 1. The number of ether oxygens (including phenoxy) is 1. The van der Waals surface area contributed by atoms with Crippen molar-refractivity contribution in [3.63, 3.8) is 0 Å². The van der Waals surface area contributed by atoms with Gasteiger partial charge in [-0.15, -0.1) is 0 Å². The highest BCUT2D eigenvalue weighted by Gasteiger charge is 1.92. The second-order valence-electron chi connectivity index (χ2n) is 1.03. The fraction of sp³-hybridized carbons (Fsp3) is 0.750. The van der Waals surface area contributed by atoms with Gasteiger partial charge in [0.15, 0.2) is 0 Å². The van der Waals surface area contributed by atoms with Crippen LogP contribution in [0.2, 0.25) is 0 Å². The molecule has 0 radical (unpaired) electrons. The molecule has 0 aliphatic heterocycles. The molecule has 0 heterocycles. The molecule has 0 unspecified atom stereocenters. The lowest BCUT2D eigenvalue weighted by atomic mass is 10.9. The van der Waals surface area contributed by atoms with Gasteiger partial charge in [0.1, 0.15) is 0 Å². The lowest BCUT2D eigenvalue weighted by Crippen LogP contribution is -2.22. The third kappa shape index (κ3) is 3.42. The standard InChI is InChI=1S/C4H9NO3/c1-3-8-5-4(6)7-2/h3H2,1-2H3,(H,5,6). The Morgan fingerprint density at radius 1 is 1.75 bits per heavy atom. The molecular formula is C4H9NO3. The van der Waals surface area contributed by atoms with Crippen molar-refractivity contribution in [2.75, 3.05) is 13.7 Å². The molecule has 48 valence electrons. The van der Waals surface area contributed by atoms with E-state index in [1.54, 1.807) is 6.92 Å². The summed E-state index contributed by atoms with van der Waals surface area (Å²) in [5, 5.41) is 0. The highest BCUT2D eigenvalue weighted by atomic mass is 16.7. The Kier molecular flexibility index (Phi) is 3.97. The summed E-state index contributed by atoms with van der Waals surface area (Å²) in [5.74, 6) is 0. The molecule has 0 saturated heterocycles. The topological polar surface area (TPSA) is 47.6 Å². The molecule has 0 atom stereocenters. The van der Waals surface area contributed by atoms with Gasteiger partial charge in [-0.1, -0.05) is 0 Å². The normalized spacial score (nSPS) is 8.25. The lowest BCUT2D eigenvalue weighted by molar-refractivity contribution is 0.0424.